The number of benzene rings is 2. The van der Waals surface area contributed by atoms with Gasteiger partial charge in [-0.05, 0) is 68.7 Å². The summed E-state index contributed by atoms with van der Waals surface area (Å²) in [5.74, 6) is -0.797. The van der Waals surface area contributed by atoms with Crippen molar-refractivity contribution >= 4 is 50.7 Å². The van der Waals surface area contributed by atoms with Gasteiger partial charge in [0.15, 0.2) is 0 Å². The van der Waals surface area contributed by atoms with Crippen molar-refractivity contribution in [3.05, 3.63) is 63.6 Å². The van der Waals surface area contributed by atoms with Gasteiger partial charge in [0.2, 0.25) is 21.8 Å². The SMILES string of the molecule is CC[C@H](C(=O)NC(C)C)N(Cc1ccc(Cl)cc1)C(=O)CN(c1ccc(Cl)cc1C)S(C)(=O)=O. The van der Waals surface area contributed by atoms with E-state index in [-0.39, 0.29) is 18.5 Å². The number of anilines is 1. The Balaban J connectivity index is 2.46. The minimum atomic E-state index is -3.81. The molecule has 0 heterocycles. The van der Waals surface area contributed by atoms with Crippen LogP contribution in [0.5, 0.6) is 0 Å². The minimum Gasteiger partial charge on any atom is -0.352 e. The zero-order valence-electron chi connectivity index (χ0n) is 20.0. The van der Waals surface area contributed by atoms with Crippen LogP contribution in [0.25, 0.3) is 0 Å². The maximum absolute atomic E-state index is 13.6. The number of rotatable bonds is 10. The van der Waals surface area contributed by atoms with Crippen molar-refractivity contribution in [2.45, 2.75) is 52.7 Å². The number of hydrogen-bond donors (Lipinski definition) is 1. The monoisotopic (exact) mass is 527 g/mol. The molecule has 0 aromatic heterocycles. The second kappa shape index (κ2) is 11.9. The third kappa shape index (κ3) is 7.61. The van der Waals surface area contributed by atoms with Gasteiger partial charge in [0.25, 0.3) is 0 Å². The van der Waals surface area contributed by atoms with Crippen LogP contribution in [0.15, 0.2) is 42.5 Å². The van der Waals surface area contributed by atoms with Crippen LogP contribution in [0.2, 0.25) is 10.0 Å². The molecular weight excluding hydrogens is 497 g/mol. The van der Waals surface area contributed by atoms with E-state index in [1.807, 2.05) is 20.8 Å². The van der Waals surface area contributed by atoms with Crippen LogP contribution in [-0.4, -0.2) is 50.0 Å². The number of nitrogens with one attached hydrogen (secondary N) is 1. The van der Waals surface area contributed by atoms with E-state index in [1.54, 1.807) is 49.4 Å². The molecule has 10 heteroatoms. The average molecular weight is 529 g/mol. The number of aryl methyl sites for hydroxylation is 1. The molecule has 0 aliphatic rings. The summed E-state index contributed by atoms with van der Waals surface area (Å²) in [5, 5.41) is 3.86. The van der Waals surface area contributed by atoms with Crippen LogP contribution in [0.3, 0.4) is 0 Å². The number of amides is 2. The fourth-order valence-electron chi connectivity index (χ4n) is 3.58. The molecular formula is C24H31Cl2N3O4S. The smallest absolute Gasteiger partial charge is 0.244 e. The molecule has 1 N–H and O–H groups in total. The first kappa shape index (κ1) is 28.0. The van der Waals surface area contributed by atoms with Gasteiger partial charge in [-0.25, -0.2) is 8.42 Å². The van der Waals surface area contributed by atoms with E-state index < -0.39 is 28.5 Å². The van der Waals surface area contributed by atoms with E-state index in [0.29, 0.717) is 27.7 Å². The summed E-state index contributed by atoms with van der Waals surface area (Å²) >= 11 is 12.0. The average Bonchev–Trinajstić information content (AvgIpc) is 2.72. The first-order valence-corrected chi connectivity index (χ1v) is 13.5. The second-order valence-electron chi connectivity index (χ2n) is 8.44. The summed E-state index contributed by atoms with van der Waals surface area (Å²) in [5.41, 5.74) is 1.73. The number of nitrogens with zero attached hydrogens (tertiary/aromatic N) is 2. The lowest BCUT2D eigenvalue weighted by Crippen LogP contribution is -2.53. The Morgan fingerprint density at radius 1 is 1.03 bits per heavy atom. The Morgan fingerprint density at radius 3 is 2.12 bits per heavy atom. The lowest BCUT2D eigenvalue weighted by Gasteiger charge is -2.33. The summed E-state index contributed by atoms with van der Waals surface area (Å²) in [7, 11) is -3.81. The predicted molar refractivity (Wildman–Crippen MR) is 138 cm³/mol. The zero-order chi connectivity index (χ0) is 25.6. The molecule has 186 valence electrons. The Kier molecular flexibility index (Phi) is 9.79. The van der Waals surface area contributed by atoms with Crippen molar-refractivity contribution < 1.29 is 18.0 Å². The van der Waals surface area contributed by atoms with Crippen LogP contribution in [0.1, 0.15) is 38.3 Å². The highest BCUT2D eigenvalue weighted by atomic mass is 35.5. The number of sulfonamides is 1. The van der Waals surface area contributed by atoms with Gasteiger partial charge in [-0.3, -0.25) is 13.9 Å². The summed E-state index contributed by atoms with van der Waals surface area (Å²) in [6, 6.07) is 10.8. The standard InChI is InChI=1S/C24H31Cl2N3O4S/c1-6-21(24(31)27-16(2)3)28(14-18-7-9-19(25)10-8-18)23(30)15-29(34(5,32)33)22-12-11-20(26)13-17(22)4/h7-13,16,21H,6,14-15H2,1-5H3,(H,27,31)/t21-/m1/s1. The Morgan fingerprint density at radius 2 is 1.62 bits per heavy atom. The largest absolute Gasteiger partial charge is 0.352 e. The molecule has 1 atom stereocenters. The molecule has 0 unspecified atom stereocenters. The lowest BCUT2D eigenvalue weighted by atomic mass is 10.1. The first-order valence-electron chi connectivity index (χ1n) is 10.9. The Hall–Kier alpha value is -2.29. The van der Waals surface area contributed by atoms with E-state index in [1.165, 1.54) is 4.90 Å². The molecule has 2 amide bonds. The van der Waals surface area contributed by atoms with Crippen LogP contribution < -0.4 is 9.62 Å². The van der Waals surface area contributed by atoms with E-state index in [0.717, 1.165) is 16.1 Å². The van der Waals surface area contributed by atoms with Gasteiger partial charge in [-0.15, -0.1) is 0 Å². The molecule has 0 aliphatic carbocycles. The third-order valence-corrected chi connectivity index (χ3v) is 6.80. The molecule has 34 heavy (non-hydrogen) atoms. The van der Waals surface area contributed by atoms with Crippen LogP contribution >= 0.6 is 23.2 Å². The summed E-state index contributed by atoms with van der Waals surface area (Å²) in [6.07, 6.45) is 1.40. The molecule has 0 bridgehead atoms. The van der Waals surface area contributed by atoms with Gasteiger partial charge in [-0.1, -0.05) is 42.3 Å². The molecule has 0 saturated heterocycles. The highest BCUT2D eigenvalue weighted by molar-refractivity contribution is 7.92. The predicted octanol–water partition coefficient (Wildman–Crippen LogP) is 4.40. The number of halogens is 2. The molecule has 0 fully saturated rings. The highest BCUT2D eigenvalue weighted by Gasteiger charge is 2.32. The van der Waals surface area contributed by atoms with Gasteiger partial charge in [0.1, 0.15) is 12.6 Å². The van der Waals surface area contributed by atoms with Crippen LogP contribution in [0, 0.1) is 6.92 Å². The van der Waals surface area contributed by atoms with Crippen molar-refractivity contribution in [2.75, 3.05) is 17.1 Å². The molecule has 2 aromatic carbocycles. The summed E-state index contributed by atoms with van der Waals surface area (Å²) in [4.78, 5) is 28.0. The van der Waals surface area contributed by atoms with E-state index >= 15 is 0 Å². The number of hydrogen-bond acceptors (Lipinski definition) is 4. The van der Waals surface area contributed by atoms with Crippen LogP contribution in [-0.2, 0) is 26.2 Å². The first-order chi connectivity index (χ1) is 15.8. The van der Waals surface area contributed by atoms with E-state index in [4.69, 9.17) is 23.2 Å². The van der Waals surface area contributed by atoms with Gasteiger partial charge < -0.3 is 10.2 Å². The Labute approximate surface area is 212 Å². The van der Waals surface area contributed by atoms with Crippen molar-refractivity contribution in [2.24, 2.45) is 0 Å². The molecule has 7 nitrogen and oxygen atoms in total. The minimum absolute atomic E-state index is 0.113. The maximum Gasteiger partial charge on any atom is 0.244 e. The maximum atomic E-state index is 13.6. The quantitative estimate of drug-likeness (QED) is 0.495. The Bertz CT molecular complexity index is 1120. The molecule has 0 spiro atoms. The molecule has 0 aliphatic heterocycles. The fraction of sp³-hybridized carbons (Fsp3) is 0.417. The normalized spacial score (nSPS) is 12.4. The van der Waals surface area contributed by atoms with Crippen molar-refractivity contribution in [1.82, 2.24) is 10.2 Å². The molecule has 2 aromatic rings. The topological polar surface area (TPSA) is 86.8 Å². The van der Waals surface area contributed by atoms with Crippen molar-refractivity contribution in [3.8, 4) is 0 Å². The summed E-state index contributed by atoms with van der Waals surface area (Å²) < 4.78 is 26.4. The van der Waals surface area contributed by atoms with Crippen LogP contribution in [0.4, 0.5) is 5.69 Å². The molecule has 0 saturated carbocycles. The van der Waals surface area contributed by atoms with E-state index in [9.17, 15) is 18.0 Å². The second-order valence-corrected chi connectivity index (χ2v) is 11.2. The van der Waals surface area contributed by atoms with Gasteiger partial charge in [0, 0.05) is 22.6 Å². The van der Waals surface area contributed by atoms with Gasteiger partial charge >= 0.3 is 0 Å². The fourth-order valence-corrected chi connectivity index (χ4v) is 4.84. The van der Waals surface area contributed by atoms with Crippen molar-refractivity contribution in [3.63, 3.8) is 0 Å². The molecule has 2 rings (SSSR count). The van der Waals surface area contributed by atoms with Gasteiger partial charge in [0.05, 0.1) is 11.9 Å². The summed E-state index contributed by atoms with van der Waals surface area (Å²) in [6.45, 7) is 6.87. The van der Waals surface area contributed by atoms with Crippen molar-refractivity contribution in [1.29, 1.82) is 0 Å². The zero-order valence-corrected chi connectivity index (χ0v) is 22.3. The lowest BCUT2D eigenvalue weighted by molar-refractivity contribution is -0.140. The number of carbonyl (C=O) groups is 2. The third-order valence-electron chi connectivity index (χ3n) is 5.19. The molecule has 0 radical (unpaired) electrons. The number of carbonyl (C=O) groups excluding carboxylic acids is 2. The van der Waals surface area contributed by atoms with E-state index in [2.05, 4.69) is 5.32 Å². The highest BCUT2D eigenvalue weighted by Crippen LogP contribution is 2.26. The van der Waals surface area contributed by atoms with Gasteiger partial charge in [-0.2, -0.15) is 0 Å².